The van der Waals surface area contributed by atoms with E-state index in [9.17, 15) is 4.79 Å². The molecule has 0 aromatic heterocycles. The van der Waals surface area contributed by atoms with Crippen molar-refractivity contribution in [2.45, 2.75) is 25.9 Å². The number of benzene rings is 1. The lowest BCUT2D eigenvalue weighted by atomic mass is 9.84. The van der Waals surface area contributed by atoms with E-state index in [1.54, 1.807) is 0 Å². The van der Waals surface area contributed by atoms with Crippen LogP contribution in [0.3, 0.4) is 0 Å². The molecule has 2 unspecified atom stereocenters. The van der Waals surface area contributed by atoms with Gasteiger partial charge >= 0.3 is 5.97 Å². The molecule has 0 aliphatic carbocycles. The van der Waals surface area contributed by atoms with Crippen LogP contribution in [0.5, 0.6) is 0 Å². The van der Waals surface area contributed by atoms with Gasteiger partial charge in [-0.1, -0.05) is 36.9 Å². The molecular weight excluding hydrogens is 240 g/mol. The Morgan fingerprint density at radius 3 is 2.84 bits per heavy atom. The van der Waals surface area contributed by atoms with Crippen LogP contribution in [-0.4, -0.2) is 25.3 Å². The third-order valence-electron chi connectivity index (χ3n) is 3.43. The van der Waals surface area contributed by atoms with E-state index in [-0.39, 0.29) is 11.9 Å². The van der Waals surface area contributed by atoms with Crippen molar-refractivity contribution in [3.8, 4) is 0 Å². The number of hydrogen-bond acceptors (Lipinski definition) is 3. The van der Waals surface area contributed by atoms with Crippen LogP contribution in [0.15, 0.2) is 36.9 Å². The second-order valence-corrected chi connectivity index (χ2v) is 4.68. The van der Waals surface area contributed by atoms with Crippen molar-refractivity contribution in [2.24, 2.45) is 5.92 Å². The maximum Gasteiger partial charge on any atom is 0.335 e. The van der Waals surface area contributed by atoms with E-state index < -0.39 is 6.10 Å². The molecule has 0 saturated carbocycles. The molecule has 2 rings (SSSR count). The van der Waals surface area contributed by atoms with Crippen molar-refractivity contribution in [3.05, 3.63) is 42.5 Å². The minimum Gasteiger partial charge on any atom is -0.464 e. The zero-order valence-corrected chi connectivity index (χ0v) is 11.3. The zero-order chi connectivity index (χ0) is 13.7. The Kier molecular flexibility index (Phi) is 4.74. The quantitative estimate of drug-likeness (QED) is 0.780. The molecule has 3 nitrogen and oxygen atoms in total. The predicted octanol–water partition coefficient (Wildman–Crippen LogP) is 3.06. The fourth-order valence-corrected chi connectivity index (χ4v) is 2.46. The van der Waals surface area contributed by atoms with Gasteiger partial charge in [0.2, 0.25) is 0 Å². The van der Waals surface area contributed by atoms with Gasteiger partial charge in [0.15, 0.2) is 6.10 Å². The van der Waals surface area contributed by atoms with Crippen LogP contribution in [0.25, 0.3) is 5.57 Å². The monoisotopic (exact) mass is 260 g/mol. The number of rotatable bonds is 4. The van der Waals surface area contributed by atoms with Crippen LogP contribution >= 0.6 is 0 Å². The highest BCUT2D eigenvalue weighted by Gasteiger charge is 2.35. The molecule has 19 heavy (non-hydrogen) atoms. The number of esters is 1. The van der Waals surface area contributed by atoms with E-state index in [0.717, 1.165) is 24.0 Å². The highest BCUT2D eigenvalue weighted by molar-refractivity contribution is 5.80. The summed E-state index contributed by atoms with van der Waals surface area (Å²) in [4.78, 5) is 12.0. The summed E-state index contributed by atoms with van der Waals surface area (Å²) in [6, 6.07) is 9.95. The molecule has 0 amide bonds. The van der Waals surface area contributed by atoms with E-state index in [4.69, 9.17) is 9.47 Å². The molecule has 102 valence electrons. The number of carbonyl (C=O) groups is 1. The van der Waals surface area contributed by atoms with Crippen molar-refractivity contribution in [3.63, 3.8) is 0 Å². The van der Waals surface area contributed by atoms with Gasteiger partial charge < -0.3 is 9.47 Å². The van der Waals surface area contributed by atoms with Crippen LogP contribution in [0.4, 0.5) is 0 Å². The summed E-state index contributed by atoms with van der Waals surface area (Å²) in [6.07, 6.45) is 1.35. The first-order valence-electron chi connectivity index (χ1n) is 6.76. The lowest BCUT2D eigenvalue weighted by Crippen LogP contribution is -2.38. The fourth-order valence-electron chi connectivity index (χ4n) is 2.46. The summed E-state index contributed by atoms with van der Waals surface area (Å²) in [6.45, 7) is 6.95. The normalized spacial score (nSPS) is 22.8. The molecule has 0 bridgehead atoms. The number of carbonyl (C=O) groups excluding carboxylic acids is 1. The molecule has 1 aliphatic rings. The van der Waals surface area contributed by atoms with Gasteiger partial charge in [-0.3, -0.25) is 0 Å². The van der Waals surface area contributed by atoms with E-state index in [2.05, 4.69) is 6.58 Å². The summed E-state index contributed by atoms with van der Waals surface area (Å²) >= 11 is 0. The second kappa shape index (κ2) is 6.53. The molecule has 3 heteroatoms. The van der Waals surface area contributed by atoms with Gasteiger partial charge in [-0.15, -0.1) is 0 Å². The van der Waals surface area contributed by atoms with Crippen LogP contribution < -0.4 is 0 Å². The Bertz CT molecular complexity index is 439. The molecule has 1 saturated heterocycles. The molecule has 1 aliphatic heterocycles. The van der Waals surface area contributed by atoms with Gasteiger partial charge in [-0.2, -0.15) is 0 Å². The Hall–Kier alpha value is -1.61. The minimum absolute atomic E-state index is 0.00944. The van der Waals surface area contributed by atoms with Crippen LogP contribution in [0, 0.1) is 5.92 Å². The maximum absolute atomic E-state index is 12.0. The topological polar surface area (TPSA) is 35.5 Å². The smallest absolute Gasteiger partial charge is 0.335 e. The zero-order valence-electron chi connectivity index (χ0n) is 11.3. The van der Waals surface area contributed by atoms with E-state index in [1.165, 1.54) is 0 Å². The van der Waals surface area contributed by atoms with Crippen molar-refractivity contribution >= 4 is 11.5 Å². The van der Waals surface area contributed by atoms with E-state index >= 15 is 0 Å². The third-order valence-corrected chi connectivity index (χ3v) is 3.43. The summed E-state index contributed by atoms with van der Waals surface area (Å²) in [5.74, 6) is -0.264. The first kappa shape index (κ1) is 13.8. The Balaban J connectivity index is 2.15. The second-order valence-electron chi connectivity index (χ2n) is 4.68. The van der Waals surface area contributed by atoms with Crippen LogP contribution in [0.2, 0.25) is 0 Å². The van der Waals surface area contributed by atoms with Crippen molar-refractivity contribution in [2.75, 3.05) is 13.2 Å². The number of ether oxygens (including phenoxy) is 2. The average molecular weight is 260 g/mol. The van der Waals surface area contributed by atoms with Gasteiger partial charge in [0.1, 0.15) is 0 Å². The third kappa shape index (κ3) is 3.24. The summed E-state index contributed by atoms with van der Waals surface area (Å²) in [5.41, 5.74) is 2.02. The first-order valence-corrected chi connectivity index (χ1v) is 6.76. The van der Waals surface area contributed by atoms with Crippen LogP contribution in [0.1, 0.15) is 25.3 Å². The lowest BCUT2D eigenvalue weighted by Gasteiger charge is -2.31. The molecule has 1 fully saturated rings. The Morgan fingerprint density at radius 1 is 1.42 bits per heavy atom. The number of hydrogen-bond donors (Lipinski definition) is 0. The summed E-state index contributed by atoms with van der Waals surface area (Å²) in [7, 11) is 0. The Morgan fingerprint density at radius 2 is 2.16 bits per heavy atom. The van der Waals surface area contributed by atoms with Gasteiger partial charge in [-0.05, 0) is 30.9 Å². The highest BCUT2D eigenvalue weighted by Crippen LogP contribution is 2.33. The van der Waals surface area contributed by atoms with Gasteiger partial charge in [0, 0.05) is 12.5 Å². The van der Waals surface area contributed by atoms with Gasteiger partial charge in [0.05, 0.1) is 6.61 Å². The molecule has 2 atom stereocenters. The first-order chi connectivity index (χ1) is 9.24. The minimum atomic E-state index is -0.513. The van der Waals surface area contributed by atoms with Gasteiger partial charge in [-0.25, -0.2) is 4.79 Å². The molecule has 0 N–H and O–H groups in total. The van der Waals surface area contributed by atoms with Crippen molar-refractivity contribution in [1.29, 1.82) is 0 Å². The van der Waals surface area contributed by atoms with Crippen molar-refractivity contribution < 1.29 is 14.3 Å². The SMILES string of the molecule is C=C(c1ccccc1)C1CCCOC1C(=O)OCC. The van der Waals surface area contributed by atoms with Crippen molar-refractivity contribution in [1.82, 2.24) is 0 Å². The lowest BCUT2D eigenvalue weighted by molar-refractivity contribution is -0.162. The predicted molar refractivity (Wildman–Crippen MR) is 74.6 cm³/mol. The maximum atomic E-state index is 12.0. The Labute approximate surface area is 114 Å². The molecule has 0 radical (unpaired) electrons. The summed E-state index contributed by atoms with van der Waals surface area (Å²) in [5, 5.41) is 0. The van der Waals surface area contributed by atoms with Gasteiger partial charge in [0.25, 0.3) is 0 Å². The molecular formula is C16H20O3. The van der Waals surface area contributed by atoms with Crippen LogP contribution in [-0.2, 0) is 14.3 Å². The molecule has 1 aromatic carbocycles. The van der Waals surface area contributed by atoms with E-state index in [1.807, 2.05) is 37.3 Å². The highest BCUT2D eigenvalue weighted by atomic mass is 16.6. The largest absolute Gasteiger partial charge is 0.464 e. The summed E-state index contributed by atoms with van der Waals surface area (Å²) < 4.78 is 10.7. The standard InChI is InChI=1S/C16H20O3/c1-3-18-16(17)15-14(10-7-11-19-15)12(2)13-8-5-4-6-9-13/h4-6,8-9,14-15H,2-3,7,10-11H2,1H3. The average Bonchev–Trinajstić information content (AvgIpc) is 2.47. The molecule has 1 aromatic rings. The molecule has 0 spiro atoms. The fraction of sp³-hybridized carbons (Fsp3) is 0.438. The van der Waals surface area contributed by atoms with E-state index in [0.29, 0.717) is 13.2 Å². The molecule has 1 heterocycles.